The van der Waals surface area contributed by atoms with Crippen LogP contribution in [0.5, 0.6) is 0 Å². The fourth-order valence-corrected chi connectivity index (χ4v) is 1.47. The van der Waals surface area contributed by atoms with E-state index in [2.05, 4.69) is 20.5 Å². The first-order valence-electron chi connectivity index (χ1n) is 1.36. The third kappa shape index (κ3) is 4.78. The first kappa shape index (κ1) is 5.78. The second kappa shape index (κ2) is 4.78. The molecule has 0 saturated heterocycles. The van der Waals surface area contributed by atoms with E-state index >= 15 is 0 Å². The molecule has 0 rings (SSSR count). The van der Waals surface area contributed by atoms with Gasteiger partial charge in [0.2, 0.25) is 0 Å². The quantitative estimate of drug-likeness (QED) is 0.462. The maximum absolute atomic E-state index is 3.55. The Kier molecular flexibility index (Phi) is 5.52. The normalized spacial score (nSPS) is 9.80. The van der Waals surface area contributed by atoms with Crippen molar-refractivity contribution in [2.75, 3.05) is 0 Å². The Balaban J connectivity index is 2.40. The summed E-state index contributed by atoms with van der Waals surface area (Å²) in [5.74, 6) is 0. The molecule has 0 aliphatic heterocycles. The van der Waals surface area contributed by atoms with Crippen molar-refractivity contribution in [3.63, 3.8) is 0 Å². The van der Waals surface area contributed by atoms with Gasteiger partial charge in [-0.25, -0.2) is 0 Å². The predicted octanol–water partition coefficient (Wildman–Crippen LogP) is 1.34. The zero-order chi connectivity index (χ0) is 4.12. The molecule has 0 bridgehead atoms. The van der Waals surface area contributed by atoms with Gasteiger partial charge < -0.3 is 0 Å². The Morgan fingerprint density at radius 3 is 2.60 bits per heavy atom. The van der Waals surface area contributed by atoms with Crippen molar-refractivity contribution in [1.82, 2.24) is 0 Å². The van der Waals surface area contributed by atoms with Crippen molar-refractivity contribution in [2.45, 2.75) is 5.21 Å². The summed E-state index contributed by atoms with van der Waals surface area (Å²) in [5.41, 5.74) is 0. The summed E-state index contributed by atoms with van der Waals surface area (Å²) in [5, 5.41) is 1.19. The SMILES string of the molecule is C=CC[AsH]Br. The van der Waals surface area contributed by atoms with Crippen LogP contribution < -0.4 is 0 Å². The Bertz CT molecular complexity index is 28.1. The molecule has 0 aromatic carbocycles. The summed E-state index contributed by atoms with van der Waals surface area (Å²) >= 11 is 3.56. The van der Waals surface area contributed by atoms with E-state index in [0.717, 1.165) is 0 Å². The van der Waals surface area contributed by atoms with E-state index in [1.165, 1.54) is 5.21 Å². The van der Waals surface area contributed by atoms with Gasteiger partial charge in [0.1, 0.15) is 0 Å². The first-order chi connectivity index (χ1) is 2.41. The number of allylic oxidation sites excluding steroid dienone is 1. The topological polar surface area (TPSA) is 0 Å². The first-order valence-corrected chi connectivity index (χ1v) is 7.76. The van der Waals surface area contributed by atoms with E-state index in [1.807, 2.05) is 6.08 Å². The standard InChI is InChI=1S/C3H6AsBr/c1-2-3-4-5/h2,4H,1,3H2. The van der Waals surface area contributed by atoms with Gasteiger partial charge in [-0.2, -0.15) is 0 Å². The van der Waals surface area contributed by atoms with E-state index in [0.29, 0.717) is 0 Å². The van der Waals surface area contributed by atoms with Gasteiger partial charge in [-0.1, -0.05) is 0 Å². The molecule has 5 heavy (non-hydrogen) atoms. The van der Waals surface area contributed by atoms with E-state index < -0.39 is 0 Å². The number of hydrogen-bond acceptors (Lipinski definition) is 0. The molecule has 0 N–H and O–H groups in total. The molecule has 0 radical (unpaired) electrons. The third-order valence-electron chi connectivity index (χ3n) is 0.221. The summed E-state index contributed by atoms with van der Waals surface area (Å²) < 4.78 is 0. The van der Waals surface area contributed by atoms with Gasteiger partial charge in [0.25, 0.3) is 0 Å². The van der Waals surface area contributed by atoms with Crippen LogP contribution in [0.15, 0.2) is 12.7 Å². The van der Waals surface area contributed by atoms with Gasteiger partial charge in [-0.15, -0.1) is 0 Å². The van der Waals surface area contributed by atoms with Crippen LogP contribution in [-0.4, -0.2) is 13.9 Å². The van der Waals surface area contributed by atoms with Crippen molar-refractivity contribution in [3.05, 3.63) is 12.7 Å². The molecule has 1 unspecified atom stereocenters. The van der Waals surface area contributed by atoms with Gasteiger partial charge >= 0.3 is 45.7 Å². The molecule has 1 atom stereocenters. The number of hydrogen-bond donors (Lipinski definition) is 0. The molecule has 0 aliphatic carbocycles. The van der Waals surface area contributed by atoms with Crippen LogP contribution >= 0.6 is 13.9 Å². The number of halogens is 1. The Hall–Kier alpha value is 0.778. The molecule has 0 nitrogen and oxygen atoms in total. The van der Waals surface area contributed by atoms with Crippen molar-refractivity contribution >= 4 is 27.8 Å². The van der Waals surface area contributed by atoms with Gasteiger partial charge in [-0.3, -0.25) is 0 Å². The maximum atomic E-state index is 3.55. The second-order valence-electron chi connectivity index (χ2n) is 0.626. The third-order valence-corrected chi connectivity index (χ3v) is 2.83. The van der Waals surface area contributed by atoms with Crippen LogP contribution in [0.4, 0.5) is 0 Å². The Morgan fingerprint density at radius 1 is 2.00 bits per heavy atom. The Morgan fingerprint density at radius 2 is 2.60 bits per heavy atom. The molecule has 0 aromatic rings. The van der Waals surface area contributed by atoms with Crippen LogP contribution in [0.2, 0.25) is 5.21 Å². The van der Waals surface area contributed by atoms with Crippen molar-refractivity contribution in [2.24, 2.45) is 0 Å². The van der Waals surface area contributed by atoms with Crippen LogP contribution in [0.25, 0.3) is 0 Å². The monoisotopic (exact) mass is 196 g/mol. The molecule has 0 saturated carbocycles. The average Bonchev–Trinajstić information content (AvgIpc) is 1.41. The molecule has 0 aliphatic rings. The number of rotatable bonds is 2. The second-order valence-corrected chi connectivity index (χ2v) is 4.96. The molecular weight excluding hydrogens is 191 g/mol. The fourth-order valence-electron chi connectivity index (χ4n) is 0.0546. The van der Waals surface area contributed by atoms with Crippen LogP contribution in [0.3, 0.4) is 0 Å². The van der Waals surface area contributed by atoms with Crippen LogP contribution in [0, 0.1) is 0 Å². The molecule has 0 amide bonds. The predicted molar refractivity (Wildman–Crippen MR) is 31.1 cm³/mol. The van der Waals surface area contributed by atoms with Crippen molar-refractivity contribution in [1.29, 1.82) is 0 Å². The van der Waals surface area contributed by atoms with Gasteiger partial charge in [0, 0.05) is 0 Å². The minimum absolute atomic E-state index is 0.201. The van der Waals surface area contributed by atoms with Crippen LogP contribution in [0.1, 0.15) is 0 Å². The summed E-state index contributed by atoms with van der Waals surface area (Å²) in [6.45, 7) is 3.55. The molecule has 0 heterocycles. The molecule has 0 fully saturated rings. The summed E-state index contributed by atoms with van der Waals surface area (Å²) in [6, 6.07) is 0. The van der Waals surface area contributed by atoms with E-state index in [1.54, 1.807) is 0 Å². The fraction of sp³-hybridized carbons (Fsp3) is 0.333. The van der Waals surface area contributed by atoms with Crippen molar-refractivity contribution < 1.29 is 0 Å². The molecule has 0 aromatic heterocycles. The van der Waals surface area contributed by atoms with Crippen LogP contribution in [-0.2, 0) is 0 Å². The Labute approximate surface area is 45.9 Å². The average molecular weight is 197 g/mol. The minimum atomic E-state index is 0.201. The van der Waals surface area contributed by atoms with Gasteiger partial charge in [-0.05, 0) is 0 Å². The summed E-state index contributed by atoms with van der Waals surface area (Å²) in [4.78, 5) is 0. The summed E-state index contributed by atoms with van der Waals surface area (Å²) in [7, 11) is 0. The molecular formula is C3H6AsBr. The van der Waals surface area contributed by atoms with Crippen molar-refractivity contribution in [3.8, 4) is 0 Å². The molecule has 0 spiro atoms. The zero-order valence-electron chi connectivity index (χ0n) is 2.87. The molecule has 30 valence electrons. The van der Waals surface area contributed by atoms with E-state index in [4.69, 9.17) is 0 Å². The molecule has 2 heteroatoms. The van der Waals surface area contributed by atoms with Gasteiger partial charge in [0.15, 0.2) is 0 Å². The van der Waals surface area contributed by atoms with Gasteiger partial charge in [0.05, 0.1) is 0 Å². The van der Waals surface area contributed by atoms with E-state index in [-0.39, 0.29) is 13.9 Å². The van der Waals surface area contributed by atoms with E-state index in [9.17, 15) is 0 Å². The summed E-state index contributed by atoms with van der Waals surface area (Å²) in [6.07, 6.45) is 1.94. The zero-order valence-corrected chi connectivity index (χ0v) is 6.55.